The summed E-state index contributed by atoms with van der Waals surface area (Å²) >= 11 is 0. The summed E-state index contributed by atoms with van der Waals surface area (Å²) in [6.07, 6.45) is -1.01. The van der Waals surface area contributed by atoms with Crippen LogP contribution in [0.1, 0.15) is 64.7 Å². The van der Waals surface area contributed by atoms with Crippen LogP contribution in [-0.4, -0.2) is 475 Å². The fourth-order valence-corrected chi connectivity index (χ4v) is 10.3. The van der Waals surface area contributed by atoms with Crippen molar-refractivity contribution in [1.29, 1.82) is 0 Å². The number of ether oxygens (including phenoxy) is 9. The average molecular weight is 1550 g/mol. The van der Waals surface area contributed by atoms with E-state index in [1.54, 1.807) is 46.1 Å². The highest BCUT2D eigenvalue weighted by Crippen LogP contribution is 2.25. The predicted molar refractivity (Wildman–Crippen MR) is 381 cm³/mol. The number of nitrogens with zero attached hydrogens (tertiary/aromatic N) is 9. The van der Waals surface area contributed by atoms with Crippen molar-refractivity contribution < 1.29 is 147 Å². The molecule has 0 aromatic carbocycles. The van der Waals surface area contributed by atoms with Gasteiger partial charge >= 0.3 is 53.7 Å². The van der Waals surface area contributed by atoms with Crippen LogP contribution >= 0.6 is 0 Å². The van der Waals surface area contributed by atoms with E-state index in [-0.39, 0.29) is 347 Å². The third-order valence-corrected chi connectivity index (χ3v) is 16.8. The molecule has 0 aliphatic rings. The lowest BCUT2D eigenvalue weighted by atomic mass is 9.88. The minimum absolute atomic E-state index is 0.0343. The molecule has 626 valence electrons. The smallest absolute Gasteiger partial charge is 0.320 e. The van der Waals surface area contributed by atoms with Gasteiger partial charge in [0.15, 0.2) is 0 Å². The van der Waals surface area contributed by atoms with Gasteiger partial charge in [-0.15, -0.1) is 0 Å². The van der Waals surface area contributed by atoms with E-state index in [2.05, 4.69) is 0 Å². The van der Waals surface area contributed by atoms with E-state index in [1.807, 2.05) is 0 Å². The van der Waals surface area contributed by atoms with Crippen LogP contribution in [-0.2, 0) is 85.8 Å². The highest BCUT2D eigenvalue weighted by atomic mass is 16.6. The van der Waals surface area contributed by atoms with Crippen LogP contribution in [0.5, 0.6) is 0 Å². The molecule has 39 nitrogen and oxygen atoms in total. The Bertz CT molecular complexity index is 2060. The van der Waals surface area contributed by atoms with Crippen LogP contribution < -0.4 is 0 Å². The second kappa shape index (κ2) is 68.4. The maximum Gasteiger partial charge on any atom is 0.320 e. The van der Waals surface area contributed by atoms with Crippen LogP contribution in [0.4, 0.5) is 0 Å². The van der Waals surface area contributed by atoms with Gasteiger partial charge in [-0.3, -0.25) is 87.3 Å². The molecule has 0 aliphatic carbocycles. The molecule has 0 saturated heterocycles. The van der Waals surface area contributed by atoms with Crippen molar-refractivity contribution in [3.63, 3.8) is 0 Å². The molecule has 0 amide bonds. The van der Waals surface area contributed by atoms with E-state index in [4.69, 9.17) is 42.6 Å². The van der Waals surface area contributed by atoms with Gasteiger partial charge < -0.3 is 104 Å². The third kappa shape index (κ3) is 56.3. The van der Waals surface area contributed by atoms with Crippen molar-refractivity contribution >= 4 is 53.7 Å². The highest BCUT2D eigenvalue weighted by Gasteiger charge is 2.35. The van der Waals surface area contributed by atoms with E-state index in [0.29, 0.717) is 0 Å². The molecule has 0 fully saturated rings. The second-order valence-electron chi connectivity index (χ2n) is 24.9. The molecule has 0 aromatic rings. The Balaban J connectivity index is 7.02. The lowest BCUT2D eigenvalue weighted by molar-refractivity contribution is -0.164. The molecular weight excluding hydrogens is 1420 g/mol. The molecule has 0 spiro atoms. The number of esters is 9. The Hall–Kier alpha value is -5.61. The molecule has 39 heteroatoms. The number of aliphatic hydroxyl groups is 12. The van der Waals surface area contributed by atoms with Crippen LogP contribution in [0.25, 0.3) is 0 Å². The average Bonchev–Trinajstić information content (AvgIpc) is 0.859. The van der Waals surface area contributed by atoms with E-state index >= 15 is 0 Å². The van der Waals surface area contributed by atoms with E-state index in [1.165, 1.54) is 4.90 Å². The molecule has 0 aliphatic heterocycles. The number of aliphatic hydroxyl groups excluding tert-OH is 12. The maximum atomic E-state index is 14.0. The number of rotatable bonds is 75. The second-order valence-corrected chi connectivity index (χ2v) is 24.9. The van der Waals surface area contributed by atoms with E-state index in [0.717, 1.165) is 0 Å². The number of hydrogen-bond acceptors (Lipinski definition) is 39. The van der Waals surface area contributed by atoms with Gasteiger partial charge in [-0.25, -0.2) is 0 Å². The quantitative estimate of drug-likeness (QED) is 0.0199. The summed E-state index contributed by atoms with van der Waals surface area (Å²) in [5.74, 6) is -5.99. The standard InChI is InChI=1S/C68H129N9O30/c1-2-68(58-107-67(98)55-77(35-53-103-63(94)7-15-73(27-45-86)28-46-87)36-54-104-64(95)8-16-74(29-47-88)30-48-89,56-105-65(96)9-17-75(31-49-99-59(90)3-11-69(19-37-78)20-38-79)32-50-100-60(91)4-12-70(21-39-80)22-40-81)57-106-66(97)10-18-76(33-51-101-61(92)5-13-71(23-41-82)24-42-83)34-52-102-62(93)6-14-72(25-43-84)26-44-85/h78-89H,2-58H2,1H3. The largest absolute Gasteiger partial charge is 0.465 e. The van der Waals surface area contributed by atoms with Gasteiger partial charge in [-0.05, 0) is 6.42 Å². The normalized spacial score (nSPS) is 11.8. The maximum absolute atomic E-state index is 14.0. The topological polar surface area (TPSA) is 509 Å². The Morgan fingerprint density at radius 2 is 0.355 bits per heavy atom. The molecular formula is C68H129N9O30. The Labute approximate surface area is 628 Å². The SMILES string of the molecule is CCC(COC(=O)CCN(CCOC(=O)CCN(CCO)CCO)CCOC(=O)CCN(CCO)CCO)(COC(=O)CCN(CCOC(=O)CCN(CCO)CCO)CCOC(=O)CCN(CCO)CCO)COC(=O)CN(CCOC(=O)CCN(CCO)CCO)CCOC(=O)CCN(CCO)CCO. The fraction of sp³-hybridized carbons (Fsp3) is 0.868. The summed E-state index contributed by atoms with van der Waals surface area (Å²) in [6, 6.07) is 0. The van der Waals surface area contributed by atoms with Gasteiger partial charge in [0, 0.05) is 170 Å². The molecule has 0 atom stereocenters. The zero-order valence-corrected chi connectivity index (χ0v) is 63.0. The van der Waals surface area contributed by atoms with Crippen molar-refractivity contribution in [2.24, 2.45) is 5.41 Å². The molecule has 0 saturated carbocycles. The van der Waals surface area contributed by atoms with Gasteiger partial charge in [-0.2, -0.15) is 0 Å². The van der Waals surface area contributed by atoms with Gasteiger partial charge in [0.2, 0.25) is 0 Å². The van der Waals surface area contributed by atoms with E-state index in [9.17, 15) is 104 Å². The van der Waals surface area contributed by atoms with Gasteiger partial charge in [-0.1, -0.05) is 6.92 Å². The first-order chi connectivity index (χ1) is 51.7. The molecule has 0 bridgehead atoms. The van der Waals surface area contributed by atoms with Crippen molar-refractivity contribution in [3.05, 3.63) is 0 Å². The zero-order valence-electron chi connectivity index (χ0n) is 63.0. The molecule has 0 heterocycles. The summed E-state index contributed by atoms with van der Waals surface area (Å²) in [5.41, 5.74) is -1.44. The third-order valence-electron chi connectivity index (χ3n) is 16.8. The lowest BCUT2D eigenvalue weighted by Gasteiger charge is -2.32. The molecule has 12 N–H and O–H groups in total. The first-order valence-electron chi connectivity index (χ1n) is 36.9. The molecule has 0 radical (unpaired) electrons. The lowest BCUT2D eigenvalue weighted by Crippen LogP contribution is -2.42. The summed E-state index contributed by atoms with van der Waals surface area (Å²) in [4.78, 5) is 134. The summed E-state index contributed by atoms with van der Waals surface area (Å²) < 4.78 is 50.5. The van der Waals surface area contributed by atoms with Crippen molar-refractivity contribution in [3.8, 4) is 0 Å². The minimum Gasteiger partial charge on any atom is -0.465 e. The van der Waals surface area contributed by atoms with Crippen LogP contribution in [0.3, 0.4) is 0 Å². The fourth-order valence-electron chi connectivity index (χ4n) is 10.3. The zero-order chi connectivity index (χ0) is 79.6. The first kappa shape index (κ1) is 101. The van der Waals surface area contributed by atoms with Crippen LogP contribution in [0.2, 0.25) is 0 Å². The van der Waals surface area contributed by atoms with Crippen molar-refractivity contribution in [2.45, 2.75) is 64.7 Å². The molecule has 107 heavy (non-hydrogen) atoms. The monoisotopic (exact) mass is 1550 g/mol. The van der Waals surface area contributed by atoms with Gasteiger partial charge in [0.05, 0.1) is 143 Å². The van der Waals surface area contributed by atoms with E-state index < -0.39 is 85.5 Å². The van der Waals surface area contributed by atoms with Crippen LogP contribution in [0.15, 0.2) is 0 Å². The Kier molecular flexibility index (Phi) is 64.8. The minimum atomic E-state index is -1.44. The predicted octanol–water partition coefficient (Wildman–Crippen LogP) is -7.98. The summed E-state index contributed by atoms with van der Waals surface area (Å²) in [7, 11) is 0. The summed E-state index contributed by atoms with van der Waals surface area (Å²) in [5, 5.41) is 113. The Morgan fingerprint density at radius 3 is 0.523 bits per heavy atom. The number of hydrogen-bond donors (Lipinski definition) is 12. The van der Waals surface area contributed by atoms with Crippen LogP contribution in [0, 0.1) is 5.41 Å². The highest BCUT2D eigenvalue weighted by molar-refractivity contribution is 5.73. The summed E-state index contributed by atoms with van der Waals surface area (Å²) in [6.45, 7) is -0.231. The molecule has 0 unspecified atom stereocenters. The molecule has 0 aromatic heterocycles. The number of carbonyl (C=O) groups excluding carboxylic acids is 9. The van der Waals surface area contributed by atoms with Crippen molar-refractivity contribution in [1.82, 2.24) is 44.1 Å². The van der Waals surface area contributed by atoms with Gasteiger partial charge in [0.25, 0.3) is 0 Å². The number of carbonyl (C=O) groups is 9. The Morgan fingerprint density at radius 1 is 0.206 bits per heavy atom. The van der Waals surface area contributed by atoms with Gasteiger partial charge in [0.1, 0.15) is 59.5 Å². The first-order valence-corrected chi connectivity index (χ1v) is 36.9. The van der Waals surface area contributed by atoms with Crippen molar-refractivity contribution in [2.75, 3.05) is 315 Å². The molecule has 0 rings (SSSR count).